The molecule has 4 nitrogen and oxygen atoms in total. The molecule has 1 saturated carbocycles. The Kier molecular flexibility index (Phi) is 5.08. The Hall–Kier alpha value is -0.610. The van der Waals surface area contributed by atoms with Gasteiger partial charge in [-0.05, 0) is 64.5 Å². The molecule has 3 aliphatic rings. The van der Waals surface area contributed by atoms with E-state index in [2.05, 4.69) is 11.9 Å². The molecule has 1 atom stereocenters. The van der Waals surface area contributed by atoms with E-state index < -0.39 is 5.60 Å². The van der Waals surface area contributed by atoms with E-state index in [9.17, 15) is 9.90 Å². The summed E-state index contributed by atoms with van der Waals surface area (Å²) in [6, 6.07) is 0.592. The molecule has 0 spiro atoms. The van der Waals surface area contributed by atoms with Crippen molar-refractivity contribution in [3.63, 3.8) is 0 Å². The number of carbonyl (C=O) groups is 1. The van der Waals surface area contributed by atoms with E-state index in [0.717, 1.165) is 32.4 Å². The zero-order valence-corrected chi connectivity index (χ0v) is 14.1. The van der Waals surface area contributed by atoms with Gasteiger partial charge in [0, 0.05) is 25.6 Å². The predicted molar refractivity (Wildman–Crippen MR) is 87.6 cm³/mol. The molecule has 2 aliphatic heterocycles. The number of nitrogens with zero attached hydrogens (tertiary/aromatic N) is 2. The summed E-state index contributed by atoms with van der Waals surface area (Å²) in [4.78, 5) is 16.9. The molecule has 4 heteroatoms. The SMILES string of the molecule is CN1CCCCC1CCC(=O)N1CCC(O)(C2CCC2)CC1. The fraction of sp³-hybridized carbons (Fsp3) is 0.944. The van der Waals surface area contributed by atoms with Crippen LogP contribution < -0.4 is 0 Å². The minimum absolute atomic E-state index is 0.301. The molecule has 22 heavy (non-hydrogen) atoms. The topological polar surface area (TPSA) is 43.8 Å². The second-order valence-electron chi connectivity index (χ2n) is 7.78. The van der Waals surface area contributed by atoms with Crippen molar-refractivity contribution in [3.8, 4) is 0 Å². The molecule has 3 rings (SSSR count). The summed E-state index contributed by atoms with van der Waals surface area (Å²) in [7, 11) is 2.19. The Balaban J connectivity index is 1.41. The summed E-state index contributed by atoms with van der Waals surface area (Å²) in [6.07, 6.45) is 10.7. The summed E-state index contributed by atoms with van der Waals surface area (Å²) < 4.78 is 0. The lowest BCUT2D eigenvalue weighted by Crippen LogP contribution is -2.52. The third-order valence-electron chi connectivity index (χ3n) is 6.46. The van der Waals surface area contributed by atoms with Gasteiger partial charge in [-0.15, -0.1) is 0 Å². The normalized spacial score (nSPS) is 30.1. The molecule has 0 aromatic rings. The first kappa shape index (κ1) is 16.3. The van der Waals surface area contributed by atoms with Crippen LogP contribution in [0.3, 0.4) is 0 Å². The molecular weight excluding hydrogens is 276 g/mol. The quantitative estimate of drug-likeness (QED) is 0.867. The van der Waals surface area contributed by atoms with Crippen LogP contribution in [0.4, 0.5) is 0 Å². The second-order valence-corrected chi connectivity index (χ2v) is 7.78. The minimum atomic E-state index is -0.474. The van der Waals surface area contributed by atoms with Gasteiger partial charge < -0.3 is 14.9 Å². The number of amides is 1. The molecule has 2 saturated heterocycles. The molecule has 1 aliphatic carbocycles. The maximum atomic E-state index is 12.4. The van der Waals surface area contributed by atoms with Crippen LogP contribution in [0.25, 0.3) is 0 Å². The van der Waals surface area contributed by atoms with Gasteiger partial charge in [-0.25, -0.2) is 0 Å². The average molecular weight is 308 g/mol. The van der Waals surface area contributed by atoms with Gasteiger partial charge in [-0.2, -0.15) is 0 Å². The van der Waals surface area contributed by atoms with Gasteiger partial charge >= 0.3 is 0 Å². The molecule has 0 radical (unpaired) electrons. The first-order chi connectivity index (χ1) is 10.6. The molecular formula is C18H32N2O2. The molecule has 0 aromatic heterocycles. The highest BCUT2D eigenvalue weighted by Crippen LogP contribution is 2.41. The van der Waals surface area contributed by atoms with Crippen molar-refractivity contribution < 1.29 is 9.90 Å². The van der Waals surface area contributed by atoms with Crippen LogP contribution in [0, 0.1) is 5.92 Å². The Labute approximate surface area is 134 Å². The highest BCUT2D eigenvalue weighted by atomic mass is 16.3. The van der Waals surface area contributed by atoms with Gasteiger partial charge in [0.1, 0.15) is 0 Å². The first-order valence-corrected chi connectivity index (χ1v) is 9.29. The monoisotopic (exact) mass is 308 g/mol. The zero-order chi connectivity index (χ0) is 15.6. The molecule has 3 fully saturated rings. The van der Waals surface area contributed by atoms with E-state index in [-0.39, 0.29) is 0 Å². The number of carbonyl (C=O) groups excluding carboxylic acids is 1. The molecule has 0 aromatic carbocycles. The van der Waals surface area contributed by atoms with Crippen LogP contribution in [-0.4, -0.2) is 59.1 Å². The number of hydrogen-bond donors (Lipinski definition) is 1. The lowest BCUT2D eigenvalue weighted by atomic mass is 9.69. The Morgan fingerprint density at radius 2 is 1.82 bits per heavy atom. The van der Waals surface area contributed by atoms with Gasteiger partial charge in [0.15, 0.2) is 0 Å². The Morgan fingerprint density at radius 3 is 2.41 bits per heavy atom. The van der Waals surface area contributed by atoms with Crippen LogP contribution in [0.1, 0.15) is 64.2 Å². The molecule has 1 unspecified atom stereocenters. The fourth-order valence-electron chi connectivity index (χ4n) is 4.45. The van der Waals surface area contributed by atoms with Crippen LogP contribution in [0.15, 0.2) is 0 Å². The summed E-state index contributed by atoms with van der Waals surface area (Å²) >= 11 is 0. The van der Waals surface area contributed by atoms with E-state index in [1.54, 1.807) is 0 Å². The summed E-state index contributed by atoms with van der Waals surface area (Å²) in [5, 5.41) is 10.7. The van der Waals surface area contributed by atoms with Gasteiger partial charge in [-0.1, -0.05) is 12.8 Å². The van der Waals surface area contributed by atoms with Crippen LogP contribution in [-0.2, 0) is 4.79 Å². The Morgan fingerprint density at radius 1 is 1.09 bits per heavy atom. The van der Waals surface area contributed by atoms with E-state index in [0.29, 0.717) is 24.3 Å². The third kappa shape index (κ3) is 3.48. The van der Waals surface area contributed by atoms with E-state index in [1.165, 1.54) is 45.1 Å². The number of piperidine rings is 2. The van der Waals surface area contributed by atoms with E-state index >= 15 is 0 Å². The summed E-state index contributed by atoms with van der Waals surface area (Å²) in [5.74, 6) is 0.801. The highest BCUT2D eigenvalue weighted by Gasteiger charge is 2.42. The summed E-state index contributed by atoms with van der Waals surface area (Å²) in [6.45, 7) is 2.69. The molecule has 0 bridgehead atoms. The fourth-order valence-corrected chi connectivity index (χ4v) is 4.45. The predicted octanol–water partition coefficient (Wildman–Crippen LogP) is 2.40. The van der Waals surface area contributed by atoms with Crippen LogP contribution >= 0.6 is 0 Å². The van der Waals surface area contributed by atoms with Crippen LogP contribution in [0.5, 0.6) is 0 Å². The first-order valence-electron chi connectivity index (χ1n) is 9.29. The smallest absolute Gasteiger partial charge is 0.222 e. The van der Waals surface area contributed by atoms with Gasteiger partial charge in [0.25, 0.3) is 0 Å². The average Bonchev–Trinajstić information content (AvgIpc) is 2.44. The van der Waals surface area contributed by atoms with Crippen molar-refractivity contribution >= 4 is 5.91 Å². The molecule has 1 N–H and O–H groups in total. The minimum Gasteiger partial charge on any atom is -0.389 e. The number of aliphatic hydroxyl groups is 1. The standard InChI is InChI=1S/C18H32N2O2/c1-19-12-3-2-7-16(19)8-9-17(21)20-13-10-18(22,11-14-20)15-5-4-6-15/h15-16,22H,2-14H2,1H3. The highest BCUT2D eigenvalue weighted by molar-refractivity contribution is 5.76. The van der Waals surface area contributed by atoms with Crippen molar-refractivity contribution in [1.82, 2.24) is 9.80 Å². The number of hydrogen-bond acceptors (Lipinski definition) is 3. The lowest BCUT2D eigenvalue weighted by Gasteiger charge is -2.46. The summed E-state index contributed by atoms with van der Waals surface area (Å²) in [5.41, 5.74) is -0.474. The van der Waals surface area contributed by atoms with Crippen molar-refractivity contribution in [2.75, 3.05) is 26.7 Å². The Bertz CT molecular complexity index is 387. The van der Waals surface area contributed by atoms with Gasteiger partial charge in [0.2, 0.25) is 5.91 Å². The number of rotatable bonds is 4. The zero-order valence-electron chi connectivity index (χ0n) is 14.1. The van der Waals surface area contributed by atoms with Crippen molar-refractivity contribution in [3.05, 3.63) is 0 Å². The number of likely N-dealkylation sites (tertiary alicyclic amines) is 2. The van der Waals surface area contributed by atoms with Gasteiger partial charge in [0.05, 0.1) is 5.60 Å². The maximum absolute atomic E-state index is 12.4. The maximum Gasteiger partial charge on any atom is 0.222 e. The molecule has 126 valence electrons. The third-order valence-corrected chi connectivity index (χ3v) is 6.46. The largest absolute Gasteiger partial charge is 0.389 e. The van der Waals surface area contributed by atoms with Crippen molar-refractivity contribution in [2.24, 2.45) is 5.92 Å². The van der Waals surface area contributed by atoms with Crippen molar-refractivity contribution in [1.29, 1.82) is 0 Å². The van der Waals surface area contributed by atoms with Crippen LogP contribution in [0.2, 0.25) is 0 Å². The van der Waals surface area contributed by atoms with E-state index in [4.69, 9.17) is 0 Å². The van der Waals surface area contributed by atoms with Gasteiger partial charge in [-0.3, -0.25) is 4.79 Å². The molecule has 2 heterocycles. The molecule has 1 amide bonds. The van der Waals surface area contributed by atoms with Crippen molar-refractivity contribution in [2.45, 2.75) is 75.9 Å². The van der Waals surface area contributed by atoms with E-state index in [1.807, 2.05) is 4.90 Å². The lowest BCUT2D eigenvalue weighted by molar-refractivity contribution is -0.140. The second kappa shape index (κ2) is 6.88.